The number of carboxylic acid groups (broad SMARTS) is 3. The van der Waals surface area contributed by atoms with E-state index in [1.54, 1.807) is 0 Å². The zero-order valence-electron chi connectivity index (χ0n) is 17.4. The quantitative estimate of drug-likeness (QED) is 0.270. The first-order chi connectivity index (χ1) is 17.2. The molecule has 3 aromatic heterocycles. The number of aromatic nitrogens is 3. The first-order valence-electron chi connectivity index (χ1n) is 9.22. The predicted octanol–water partition coefficient (Wildman–Crippen LogP) is 4.50. The first-order valence-corrected chi connectivity index (χ1v) is 10.4. The Kier molecular flexibility index (Phi) is 8.00. The van der Waals surface area contributed by atoms with Gasteiger partial charge in [-0.1, -0.05) is 0 Å². The SMILES string of the molecule is O=C(O)c1ccnc(-c2cc(C(=O)O)cc(-c3nc(N=C=S)c(N=C=S)c(C(=O)O)c3N=C=S)n2)c1. The summed E-state index contributed by atoms with van der Waals surface area (Å²) in [5, 5.41) is 34.9. The Morgan fingerprint density at radius 1 is 0.722 bits per heavy atom. The van der Waals surface area contributed by atoms with Crippen LogP contribution >= 0.6 is 36.7 Å². The summed E-state index contributed by atoms with van der Waals surface area (Å²) in [6.07, 6.45) is 1.21. The fraction of sp³-hybridized carbons (Fsp3) is 0. The minimum atomic E-state index is -1.53. The summed E-state index contributed by atoms with van der Waals surface area (Å²) >= 11 is 13.8. The molecule has 0 amide bonds. The van der Waals surface area contributed by atoms with E-state index in [1.165, 1.54) is 18.3 Å². The molecule has 3 rings (SSSR count). The van der Waals surface area contributed by atoms with Crippen LogP contribution in [0.2, 0.25) is 0 Å². The third kappa shape index (κ3) is 5.32. The maximum atomic E-state index is 12.2. The lowest BCUT2D eigenvalue weighted by atomic mass is 10.0. The Labute approximate surface area is 216 Å². The third-order valence-corrected chi connectivity index (χ3v) is 4.67. The monoisotopic (exact) mass is 536 g/mol. The number of aromatic carboxylic acids is 3. The van der Waals surface area contributed by atoms with Crippen LogP contribution in [-0.2, 0) is 0 Å². The molecule has 176 valence electrons. The van der Waals surface area contributed by atoms with E-state index in [4.69, 9.17) is 0 Å². The molecular formula is C21H8N6O6S3. The van der Waals surface area contributed by atoms with Gasteiger partial charge in [-0.2, -0.15) is 15.0 Å². The van der Waals surface area contributed by atoms with Crippen molar-refractivity contribution in [3.05, 3.63) is 47.2 Å². The molecule has 0 bridgehead atoms. The summed E-state index contributed by atoms with van der Waals surface area (Å²) < 4.78 is 0. The molecule has 0 saturated heterocycles. The number of carboxylic acids is 3. The molecule has 0 atom stereocenters. The summed E-state index contributed by atoms with van der Waals surface area (Å²) in [7, 11) is 0. The minimum Gasteiger partial charge on any atom is -0.478 e. The Balaban J connectivity index is 2.49. The number of pyridine rings is 3. The maximum absolute atomic E-state index is 12.2. The average molecular weight is 537 g/mol. The van der Waals surface area contributed by atoms with E-state index >= 15 is 0 Å². The molecule has 15 heteroatoms. The molecule has 0 aliphatic carbocycles. The number of hydrogen-bond acceptors (Lipinski definition) is 12. The Morgan fingerprint density at radius 3 is 1.89 bits per heavy atom. The molecule has 3 aromatic rings. The van der Waals surface area contributed by atoms with E-state index in [1.807, 2.05) is 15.5 Å². The number of thiocarbonyl (C=S) groups is 3. The molecule has 0 aliphatic rings. The molecule has 0 fully saturated rings. The summed E-state index contributed by atoms with van der Waals surface area (Å²) in [5.41, 5.74) is -2.19. The molecule has 0 aromatic carbocycles. The fourth-order valence-electron chi connectivity index (χ4n) is 2.97. The van der Waals surface area contributed by atoms with Gasteiger partial charge in [-0.25, -0.2) is 24.4 Å². The van der Waals surface area contributed by atoms with E-state index in [9.17, 15) is 29.7 Å². The standard InChI is InChI=1S/C21H8N6O6S3/c28-19(29)9-1-2-22-11(3-9)12-4-10(20(30)31)5-13(26-12)15-16(23-6-34)14(21(32)33)17(24-7-35)18(27-15)25-8-36/h1-5H,(H,28,29)(H,30,31)(H,32,33). The molecule has 0 saturated carbocycles. The van der Waals surface area contributed by atoms with Gasteiger partial charge in [0.25, 0.3) is 0 Å². The topological polar surface area (TPSA) is 188 Å². The number of carbonyl (C=O) groups is 3. The van der Waals surface area contributed by atoms with Gasteiger partial charge < -0.3 is 15.3 Å². The van der Waals surface area contributed by atoms with Crippen LogP contribution in [0.3, 0.4) is 0 Å². The van der Waals surface area contributed by atoms with Crippen molar-refractivity contribution in [3.8, 4) is 22.8 Å². The molecule has 0 aliphatic heterocycles. The van der Waals surface area contributed by atoms with Crippen LogP contribution in [0.5, 0.6) is 0 Å². The van der Waals surface area contributed by atoms with Gasteiger partial charge in [0.15, 0.2) is 5.82 Å². The number of aliphatic imine (C=N–C) groups is 3. The van der Waals surface area contributed by atoms with Crippen LogP contribution in [0.25, 0.3) is 22.8 Å². The summed E-state index contributed by atoms with van der Waals surface area (Å²) in [6, 6.07) is 4.67. The van der Waals surface area contributed by atoms with Crippen LogP contribution in [0, 0.1) is 0 Å². The van der Waals surface area contributed by atoms with Gasteiger partial charge >= 0.3 is 17.9 Å². The smallest absolute Gasteiger partial charge is 0.340 e. The van der Waals surface area contributed by atoms with Gasteiger partial charge in [-0.05, 0) is 60.9 Å². The minimum absolute atomic E-state index is 0.0247. The van der Waals surface area contributed by atoms with Gasteiger partial charge in [-0.3, -0.25) is 4.98 Å². The second kappa shape index (κ2) is 11.1. The highest BCUT2D eigenvalue weighted by atomic mass is 32.1. The largest absolute Gasteiger partial charge is 0.478 e. The number of rotatable bonds is 8. The van der Waals surface area contributed by atoms with Crippen molar-refractivity contribution in [2.75, 3.05) is 0 Å². The van der Waals surface area contributed by atoms with Crippen LogP contribution in [0.1, 0.15) is 31.1 Å². The lowest BCUT2D eigenvalue weighted by Crippen LogP contribution is -2.05. The van der Waals surface area contributed by atoms with Gasteiger partial charge in [0, 0.05) is 6.20 Å². The molecule has 36 heavy (non-hydrogen) atoms. The lowest BCUT2D eigenvalue weighted by molar-refractivity contribution is 0.0686. The molecule has 0 unspecified atom stereocenters. The summed E-state index contributed by atoms with van der Waals surface area (Å²) in [4.78, 5) is 59.2. The third-order valence-electron chi connectivity index (χ3n) is 4.39. The zero-order valence-corrected chi connectivity index (χ0v) is 19.8. The Hall–Kier alpha value is -4.74. The van der Waals surface area contributed by atoms with Gasteiger partial charge in [0.2, 0.25) is 0 Å². The van der Waals surface area contributed by atoms with Crippen molar-refractivity contribution >= 4 is 87.2 Å². The van der Waals surface area contributed by atoms with E-state index in [2.05, 4.69) is 66.6 Å². The zero-order chi connectivity index (χ0) is 26.4. The van der Waals surface area contributed by atoms with Crippen molar-refractivity contribution < 1.29 is 29.7 Å². The van der Waals surface area contributed by atoms with Crippen molar-refractivity contribution in [3.63, 3.8) is 0 Å². The molecule has 0 spiro atoms. The molecule has 3 heterocycles. The van der Waals surface area contributed by atoms with Crippen molar-refractivity contribution in [2.24, 2.45) is 15.0 Å². The van der Waals surface area contributed by atoms with E-state index < -0.39 is 23.5 Å². The van der Waals surface area contributed by atoms with Crippen molar-refractivity contribution in [2.45, 2.75) is 0 Å². The number of isothiocyanates is 3. The van der Waals surface area contributed by atoms with Crippen LogP contribution in [0.4, 0.5) is 17.2 Å². The predicted molar refractivity (Wildman–Crippen MR) is 136 cm³/mol. The highest BCUT2D eigenvalue weighted by Gasteiger charge is 2.27. The number of nitrogens with zero attached hydrogens (tertiary/aromatic N) is 6. The fourth-order valence-corrected chi connectivity index (χ4v) is 3.24. The second-order valence-corrected chi connectivity index (χ2v) is 6.98. The van der Waals surface area contributed by atoms with Crippen molar-refractivity contribution in [1.82, 2.24) is 15.0 Å². The summed E-state index contributed by atoms with van der Waals surface area (Å²) in [5.74, 6) is -4.48. The summed E-state index contributed by atoms with van der Waals surface area (Å²) in [6.45, 7) is 0. The highest BCUT2D eigenvalue weighted by Crippen LogP contribution is 2.42. The van der Waals surface area contributed by atoms with E-state index in [-0.39, 0.29) is 51.1 Å². The van der Waals surface area contributed by atoms with Gasteiger partial charge in [-0.15, -0.1) is 0 Å². The first kappa shape index (κ1) is 25.9. The lowest BCUT2D eigenvalue weighted by Gasteiger charge is -2.12. The molecule has 12 nitrogen and oxygen atoms in total. The highest BCUT2D eigenvalue weighted by molar-refractivity contribution is 7.78. The van der Waals surface area contributed by atoms with Crippen LogP contribution in [0.15, 0.2) is 45.4 Å². The van der Waals surface area contributed by atoms with Crippen LogP contribution < -0.4 is 0 Å². The maximum Gasteiger partial charge on any atom is 0.340 e. The number of hydrogen-bond donors (Lipinski definition) is 3. The van der Waals surface area contributed by atoms with Crippen LogP contribution in [-0.4, -0.2) is 63.7 Å². The molecule has 3 N–H and O–H groups in total. The molecular weight excluding hydrogens is 528 g/mol. The van der Waals surface area contributed by atoms with Gasteiger partial charge in [0.1, 0.15) is 22.6 Å². The Morgan fingerprint density at radius 2 is 1.31 bits per heavy atom. The van der Waals surface area contributed by atoms with E-state index in [0.717, 1.165) is 12.1 Å². The second-order valence-electron chi connectivity index (χ2n) is 6.44. The van der Waals surface area contributed by atoms with Crippen molar-refractivity contribution in [1.29, 1.82) is 0 Å². The Bertz CT molecular complexity index is 1610. The normalized spacial score (nSPS) is 9.78. The molecule has 0 radical (unpaired) electrons. The van der Waals surface area contributed by atoms with Gasteiger partial charge in [0.05, 0.1) is 43.7 Å². The van der Waals surface area contributed by atoms with E-state index in [0.29, 0.717) is 0 Å². The average Bonchev–Trinajstić information content (AvgIpc) is 2.85.